The Labute approximate surface area is 233 Å². The molecule has 0 fully saturated rings. The molecule has 2 N–H and O–H groups in total. The predicted molar refractivity (Wildman–Crippen MR) is 147 cm³/mol. The number of hydrogen-bond donors (Lipinski definition) is 2. The zero-order valence-corrected chi connectivity index (χ0v) is 22.1. The van der Waals surface area contributed by atoms with Crippen LogP contribution < -0.4 is 14.1 Å². The van der Waals surface area contributed by atoms with Crippen molar-refractivity contribution in [2.45, 2.75) is 4.90 Å². The van der Waals surface area contributed by atoms with E-state index in [9.17, 15) is 18.3 Å². The maximum Gasteiger partial charge on any atom is 0.285 e. The van der Waals surface area contributed by atoms with Crippen molar-refractivity contribution < 1.29 is 28.1 Å². The summed E-state index contributed by atoms with van der Waals surface area (Å²) in [4.78, 5) is 29.8. The third-order valence-corrected chi connectivity index (χ3v) is 7.63. The van der Waals surface area contributed by atoms with Crippen LogP contribution in [0.4, 0.5) is 11.4 Å². The number of anilines is 1. The van der Waals surface area contributed by atoms with Gasteiger partial charge in [0.05, 0.1) is 22.3 Å². The highest BCUT2D eigenvalue weighted by atomic mass is 35.5. The van der Waals surface area contributed by atoms with Gasteiger partial charge in [0.2, 0.25) is 5.88 Å². The first-order valence-electron chi connectivity index (χ1n) is 11.7. The van der Waals surface area contributed by atoms with Gasteiger partial charge in [-0.15, -0.1) is 10.2 Å². The van der Waals surface area contributed by atoms with E-state index in [0.717, 1.165) is 4.31 Å². The second-order valence-corrected chi connectivity index (χ2v) is 10.6. The zero-order chi connectivity index (χ0) is 28.1. The van der Waals surface area contributed by atoms with Crippen molar-refractivity contribution in [1.29, 1.82) is 0 Å². The highest BCUT2D eigenvalue weighted by Crippen LogP contribution is 2.35. The molecule has 13 heteroatoms. The van der Waals surface area contributed by atoms with Gasteiger partial charge < -0.3 is 10.1 Å². The molecular weight excluding hydrogens is 558 g/mol. The van der Waals surface area contributed by atoms with E-state index >= 15 is 0 Å². The monoisotopic (exact) mass is 577 g/mol. The van der Waals surface area contributed by atoms with Gasteiger partial charge in [-0.2, -0.15) is 0 Å². The minimum absolute atomic E-state index is 0.0638. The van der Waals surface area contributed by atoms with E-state index in [-0.39, 0.29) is 27.9 Å². The smallest absolute Gasteiger partial charge is 0.285 e. The summed E-state index contributed by atoms with van der Waals surface area (Å²) in [7, 11) is -4.26. The van der Waals surface area contributed by atoms with Gasteiger partial charge in [0.15, 0.2) is 17.2 Å². The molecule has 0 bridgehead atoms. The van der Waals surface area contributed by atoms with Crippen molar-refractivity contribution in [3.63, 3.8) is 0 Å². The molecule has 0 radical (unpaired) electrons. The number of aromatic amines is 1. The number of amides is 1. The average Bonchev–Trinajstić information content (AvgIpc) is 3.29. The van der Waals surface area contributed by atoms with Crippen LogP contribution in [0, 0.1) is 0 Å². The lowest BCUT2D eigenvalue weighted by atomic mass is 10.2. The molecule has 2 heterocycles. The summed E-state index contributed by atoms with van der Waals surface area (Å²) < 4.78 is 28.2. The lowest BCUT2D eigenvalue weighted by Crippen LogP contribution is -2.35. The van der Waals surface area contributed by atoms with Crippen molar-refractivity contribution in [2.75, 3.05) is 10.8 Å². The van der Waals surface area contributed by atoms with E-state index in [2.05, 4.69) is 20.2 Å². The van der Waals surface area contributed by atoms with Crippen LogP contribution in [0.3, 0.4) is 0 Å². The average molecular weight is 578 g/mol. The van der Waals surface area contributed by atoms with Crippen molar-refractivity contribution in [2.24, 2.45) is 10.2 Å². The van der Waals surface area contributed by atoms with Gasteiger partial charge in [-0.3, -0.25) is 23.9 Å². The second-order valence-electron chi connectivity index (χ2n) is 8.28. The lowest BCUT2D eigenvalue weighted by Gasteiger charge is -2.23. The summed E-state index contributed by atoms with van der Waals surface area (Å²) in [5, 5.41) is 18.7. The first-order valence-corrected chi connectivity index (χ1v) is 13.5. The minimum Gasteiger partial charge on any atom is -0.493 e. The SMILES string of the molecule is O=C(CN(c1ccc(Cl)cc1)S(=O)(=O)c1ccc(OOc2cccnc2)cc1)N=Nc1c(O)[nH]c2ccccc12. The van der Waals surface area contributed by atoms with Gasteiger partial charge >= 0.3 is 0 Å². The van der Waals surface area contributed by atoms with E-state index in [1.165, 1.54) is 54.7 Å². The molecule has 0 atom stereocenters. The number of hydrogen-bond acceptors (Lipinski definition) is 8. The number of carbonyl (C=O) groups is 1. The quantitative estimate of drug-likeness (QED) is 0.128. The molecule has 3 aromatic carbocycles. The third-order valence-electron chi connectivity index (χ3n) is 5.59. The van der Waals surface area contributed by atoms with Gasteiger partial charge in [-0.25, -0.2) is 8.42 Å². The topological polar surface area (TPSA) is 147 Å². The van der Waals surface area contributed by atoms with Gasteiger partial charge in [-0.1, -0.05) is 29.8 Å². The van der Waals surface area contributed by atoms with Crippen molar-refractivity contribution in [3.05, 3.63) is 102 Å². The Morgan fingerprint density at radius 2 is 1.68 bits per heavy atom. The van der Waals surface area contributed by atoms with Crippen LogP contribution in [-0.4, -0.2) is 35.9 Å². The van der Waals surface area contributed by atoms with E-state index in [4.69, 9.17) is 21.4 Å². The van der Waals surface area contributed by atoms with Crippen LogP contribution in [0.5, 0.6) is 17.4 Å². The molecule has 0 saturated carbocycles. The number of benzene rings is 3. The Morgan fingerprint density at radius 1 is 0.950 bits per heavy atom. The standard InChI is InChI=1S/C27H20ClN5O6S/c28-18-7-9-19(10-8-18)33(17-25(34)31-32-26-23-5-1-2-6-24(23)30-27(26)35)40(36,37)22-13-11-20(12-14-22)38-39-21-4-3-15-29-16-21/h1-16,30,35H,17H2. The number of sulfonamides is 1. The van der Waals surface area contributed by atoms with Crippen LogP contribution in [0.25, 0.3) is 10.9 Å². The summed E-state index contributed by atoms with van der Waals surface area (Å²) in [6.07, 6.45) is 3.04. The molecule has 0 saturated heterocycles. The van der Waals surface area contributed by atoms with Crippen LogP contribution in [0.1, 0.15) is 0 Å². The van der Waals surface area contributed by atoms with Gasteiger partial charge in [0.1, 0.15) is 6.54 Å². The fourth-order valence-electron chi connectivity index (χ4n) is 3.68. The number of aromatic hydroxyl groups is 1. The first kappa shape index (κ1) is 26.7. The Morgan fingerprint density at radius 3 is 2.40 bits per heavy atom. The molecule has 0 unspecified atom stereocenters. The summed E-state index contributed by atoms with van der Waals surface area (Å²) >= 11 is 5.99. The van der Waals surface area contributed by atoms with Gasteiger partial charge in [0.25, 0.3) is 15.9 Å². The molecule has 0 aliphatic heterocycles. The molecule has 2 aromatic heterocycles. The van der Waals surface area contributed by atoms with Gasteiger partial charge in [0, 0.05) is 16.6 Å². The maximum absolute atomic E-state index is 13.6. The molecule has 5 rings (SSSR count). The Bertz CT molecular complexity index is 1780. The number of halogens is 1. The van der Waals surface area contributed by atoms with Crippen molar-refractivity contribution in [3.8, 4) is 17.4 Å². The number of carbonyl (C=O) groups excluding carboxylic acids is 1. The Hall–Kier alpha value is -4.94. The van der Waals surface area contributed by atoms with E-state index in [0.29, 0.717) is 21.7 Å². The minimum atomic E-state index is -4.26. The molecular formula is C27H20ClN5O6S. The highest BCUT2D eigenvalue weighted by Gasteiger charge is 2.27. The summed E-state index contributed by atoms with van der Waals surface area (Å²) in [5.41, 5.74) is 0.849. The summed E-state index contributed by atoms with van der Waals surface area (Å²) in [6.45, 7) is -0.668. The molecule has 0 spiro atoms. The predicted octanol–water partition coefficient (Wildman–Crippen LogP) is 5.80. The number of rotatable bonds is 9. The number of pyridine rings is 1. The van der Waals surface area contributed by atoms with Crippen LogP contribution in [0.15, 0.2) is 112 Å². The fraction of sp³-hybridized carbons (Fsp3) is 0.0370. The largest absolute Gasteiger partial charge is 0.493 e. The summed E-state index contributed by atoms with van der Waals surface area (Å²) in [6, 6.07) is 21.6. The van der Waals surface area contributed by atoms with Gasteiger partial charge in [-0.05, 0) is 66.7 Å². The van der Waals surface area contributed by atoms with Crippen LogP contribution >= 0.6 is 11.6 Å². The number of azo groups is 1. The lowest BCUT2D eigenvalue weighted by molar-refractivity contribution is -0.116. The van der Waals surface area contributed by atoms with E-state index < -0.39 is 22.5 Å². The number of nitrogens with zero attached hydrogens (tertiary/aromatic N) is 4. The molecule has 0 aliphatic rings. The molecule has 11 nitrogen and oxygen atoms in total. The highest BCUT2D eigenvalue weighted by molar-refractivity contribution is 7.92. The van der Waals surface area contributed by atoms with Crippen molar-refractivity contribution >= 4 is 49.8 Å². The normalized spacial score (nSPS) is 11.5. The summed E-state index contributed by atoms with van der Waals surface area (Å²) in [5.74, 6) is -0.534. The fourth-order valence-corrected chi connectivity index (χ4v) is 5.22. The molecule has 0 aliphatic carbocycles. The molecule has 1 amide bonds. The van der Waals surface area contributed by atoms with E-state index in [1.807, 2.05) is 0 Å². The number of H-pyrrole nitrogens is 1. The molecule has 40 heavy (non-hydrogen) atoms. The van der Waals surface area contributed by atoms with Crippen LogP contribution in [-0.2, 0) is 14.8 Å². The number of fused-ring (bicyclic) bond motifs is 1. The Kier molecular flexibility index (Phi) is 7.62. The Balaban J connectivity index is 1.38. The number of aromatic nitrogens is 2. The van der Waals surface area contributed by atoms with Crippen LogP contribution in [0.2, 0.25) is 5.02 Å². The first-order chi connectivity index (χ1) is 19.3. The molecule has 5 aromatic rings. The number of para-hydroxylation sites is 1. The third kappa shape index (κ3) is 5.87. The molecule has 202 valence electrons. The van der Waals surface area contributed by atoms with Crippen molar-refractivity contribution in [1.82, 2.24) is 9.97 Å². The zero-order valence-electron chi connectivity index (χ0n) is 20.5. The second kappa shape index (κ2) is 11.4. The maximum atomic E-state index is 13.6. The number of nitrogens with one attached hydrogen (secondary N) is 1. The van der Waals surface area contributed by atoms with E-state index in [1.54, 1.807) is 42.6 Å².